The number of hydrogen-bond acceptors (Lipinski definition) is 4. The van der Waals surface area contributed by atoms with Crippen molar-refractivity contribution in [3.8, 4) is 11.5 Å². The number of hydrogen-bond donors (Lipinski definition) is 0. The van der Waals surface area contributed by atoms with Crippen molar-refractivity contribution in [2.24, 2.45) is 0 Å². The van der Waals surface area contributed by atoms with Gasteiger partial charge in [0.1, 0.15) is 0 Å². The van der Waals surface area contributed by atoms with E-state index in [1.165, 1.54) is 43.4 Å². The molecule has 1 unspecified atom stereocenters. The molecule has 2 aromatic rings. The topological polar surface area (TPSA) is 24.9 Å². The third-order valence-corrected chi connectivity index (χ3v) is 8.17. The second-order valence-corrected chi connectivity index (χ2v) is 10.7. The summed E-state index contributed by atoms with van der Waals surface area (Å²) in [5.74, 6) is 1.75. The average molecular weight is 628 g/mol. The predicted molar refractivity (Wildman–Crippen MR) is 137 cm³/mol. The van der Waals surface area contributed by atoms with Crippen LogP contribution in [-0.4, -0.2) is 48.8 Å². The van der Waals surface area contributed by atoms with Crippen LogP contribution in [0.2, 0.25) is 0 Å². The maximum Gasteiger partial charge on any atom is 0.231 e. The van der Waals surface area contributed by atoms with E-state index in [9.17, 15) is 0 Å². The molecule has 2 heterocycles. The number of ether oxygens (including phenoxy) is 2. The van der Waals surface area contributed by atoms with Gasteiger partial charge in [0.05, 0.1) is 0 Å². The van der Waals surface area contributed by atoms with Gasteiger partial charge in [-0.25, -0.2) is 0 Å². The molecule has 6 heteroatoms. The van der Waals surface area contributed by atoms with Gasteiger partial charge in [-0.05, 0) is 111 Å². The van der Waals surface area contributed by atoms with E-state index in [0.717, 1.165) is 44.0 Å². The Morgan fingerprint density at radius 1 is 0.933 bits per heavy atom. The minimum atomic E-state index is 0.342. The molecule has 1 saturated heterocycles. The van der Waals surface area contributed by atoms with Crippen LogP contribution in [0.4, 0.5) is 0 Å². The van der Waals surface area contributed by atoms with Gasteiger partial charge in [-0.3, -0.25) is 9.80 Å². The van der Waals surface area contributed by atoms with Crippen molar-refractivity contribution in [1.29, 1.82) is 0 Å². The van der Waals surface area contributed by atoms with Crippen LogP contribution in [0, 0.1) is 7.14 Å². The van der Waals surface area contributed by atoms with Crippen LogP contribution in [0.1, 0.15) is 30.4 Å². The van der Waals surface area contributed by atoms with E-state index in [-0.39, 0.29) is 0 Å². The molecule has 3 aliphatic rings. The van der Waals surface area contributed by atoms with Crippen molar-refractivity contribution in [3.05, 3.63) is 60.7 Å². The Balaban J connectivity index is 1.15. The summed E-state index contributed by atoms with van der Waals surface area (Å²) >= 11 is 4.88. The number of fused-ring (bicyclic) bond motifs is 1. The third kappa shape index (κ3) is 4.66. The van der Waals surface area contributed by atoms with Crippen LogP contribution in [0.3, 0.4) is 0 Å². The molecule has 0 N–H and O–H groups in total. The molecule has 5 rings (SSSR count). The molecular weight excluding hydrogens is 602 g/mol. The molecule has 4 nitrogen and oxygen atoms in total. The first kappa shape index (κ1) is 21.0. The fraction of sp³-hybridized carbons (Fsp3) is 0.417. The van der Waals surface area contributed by atoms with Gasteiger partial charge in [0.25, 0.3) is 0 Å². The second kappa shape index (κ2) is 9.34. The van der Waals surface area contributed by atoms with Crippen LogP contribution < -0.4 is 9.47 Å². The fourth-order valence-electron chi connectivity index (χ4n) is 4.70. The molecule has 0 radical (unpaired) electrons. The van der Waals surface area contributed by atoms with Crippen molar-refractivity contribution in [2.75, 3.05) is 33.0 Å². The van der Waals surface area contributed by atoms with Crippen molar-refractivity contribution >= 4 is 50.8 Å². The zero-order valence-corrected chi connectivity index (χ0v) is 21.3. The van der Waals surface area contributed by atoms with E-state index in [0.29, 0.717) is 12.8 Å². The number of benzene rings is 2. The first-order chi connectivity index (χ1) is 14.7. The molecule has 2 aliphatic heterocycles. The summed E-state index contributed by atoms with van der Waals surface area (Å²) in [6.45, 7) is 6.10. The molecule has 1 aliphatic carbocycles. The Labute approximate surface area is 205 Å². The molecule has 0 aromatic heterocycles. The van der Waals surface area contributed by atoms with Gasteiger partial charge < -0.3 is 9.47 Å². The molecule has 1 fully saturated rings. The lowest BCUT2D eigenvalue weighted by molar-refractivity contribution is 0.0880. The highest BCUT2D eigenvalue weighted by Crippen LogP contribution is 2.37. The number of halogens is 2. The highest BCUT2D eigenvalue weighted by atomic mass is 127. The van der Waals surface area contributed by atoms with Crippen LogP contribution in [-0.2, 0) is 6.54 Å². The van der Waals surface area contributed by atoms with E-state index in [1.54, 1.807) is 0 Å². The number of nitrogens with zero attached hydrogens (tertiary/aromatic N) is 2. The monoisotopic (exact) mass is 628 g/mol. The van der Waals surface area contributed by atoms with Crippen molar-refractivity contribution < 1.29 is 9.47 Å². The zero-order chi connectivity index (χ0) is 20.5. The Morgan fingerprint density at radius 3 is 2.57 bits per heavy atom. The number of rotatable bonds is 4. The minimum absolute atomic E-state index is 0.342. The molecule has 1 atom stereocenters. The molecule has 158 valence electrons. The highest BCUT2D eigenvalue weighted by Gasteiger charge is 2.26. The summed E-state index contributed by atoms with van der Waals surface area (Å²) in [7, 11) is 0. The maximum absolute atomic E-state index is 5.55. The summed E-state index contributed by atoms with van der Waals surface area (Å²) in [6, 6.07) is 13.8. The van der Waals surface area contributed by atoms with E-state index in [1.807, 2.05) is 6.07 Å². The van der Waals surface area contributed by atoms with Gasteiger partial charge in [-0.1, -0.05) is 12.1 Å². The van der Waals surface area contributed by atoms with Gasteiger partial charge in [-0.2, -0.15) is 0 Å². The van der Waals surface area contributed by atoms with E-state index in [4.69, 9.17) is 9.47 Å². The van der Waals surface area contributed by atoms with Crippen molar-refractivity contribution in [1.82, 2.24) is 9.80 Å². The quantitative estimate of drug-likeness (QED) is 0.425. The van der Waals surface area contributed by atoms with Gasteiger partial charge in [-0.15, -0.1) is 0 Å². The Hall–Kier alpha value is -0.840. The average Bonchev–Trinajstić information content (AvgIpc) is 3.25. The molecule has 0 amide bonds. The van der Waals surface area contributed by atoms with Crippen molar-refractivity contribution in [2.45, 2.75) is 31.8 Å². The normalized spacial score (nSPS) is 22.2. The van der Waals surface area contributed by atoms with Gasteiger partial charge in [0.2, 0.25) is 6.79 Å². The molecular formula is C24H26I2N2O2. The van der Waals surface area contributed by atoms with Crippen molar-refractivity contribution in [3.63, 3.8) is 0 Å². The third-order valence-electron chi connectivity index (χ3n) is 6.45. The Bertz CT molecular complexity index is 954. The molecule has 0 bridgehead atoms. The van der Waals surface area contributed by atoms with E-state index in [2.05, 4.69) is 91.4 Å². The SMILES string of the molecule is Ic1ccc(I)c(CN2CCN(C3CC=C(c4ccc5c(c4)OCO5)CC3)CC2)c1. The molecule has 0 saturated carbocycles. The van der Waals surface area contributed by atoms with Gasteiger partial charge in [0.15, 0.2) is 11.5 Å². The van der Waals surface area contributed by atoms with Crippen LogP contribution >= 0.6 is 45.2 Å². The predicted octanol–water partition coefficient (Wildman–Crippen LogP) is 5.38. The maximum atomic E-state index is 5.55. The summed E-state index contributed by atoms with van der Waals surface area (Å²) in [6.07, 6.45) is 5.99. The summed E-state index contributed by atoms with van der Waals surface area (Å²) in [4.78, 5) is 5.32. The van der Waals surface area contributed by atoms with Crippen LogP contribution in [0.15, 0.2) is 42.5 Å². The van der Waals surface area contributed by atoms with Crippen LogP contribution in [0.25, 0.3) is 5.57 Å². The largest absolute Gasteiger partial charge is 0.454 e. The molecule has 0 spiro atoms. The highest BCUT2D eigenvalue weighted by molar-refractivity contribution is 14.1. The van der Waals surface area contributed by atoms with Gasteiger partial charge >= 0.3 is 0 Å². The lowest BCUT2D eigenvalue weighted by Gasteiger charge is -2.40. The first-order valence-corrected chi connectivity index (χ1v) is 12.8. The lowest BCUT2D eigenvalue weighted by atomic mass is 9.89. The van der Waals surface area contributed by atoms with Gasteiger partial charge in [0, 0.05) is 45.9 Å². The standard InChI is InChI=1S/C24H26I2N2O2/c25-20-4-7-22(26)19(13-20)15-27-9-11-28(12-10-27)21-5-1-17(2-6-21)18-3-8-23-24(14-18)30-16-29-23/h1,3-4,7-8,13-14,21H,2,5-6,9-12,15-16H2. The number of piperazine rings is 1. The first-order valence-electron chi connectivity index (χ1n) is 10.6. The number of allylic oxidation sites excluding steroid dienone is 1. The second-order valence-electron chi connectivity index (χ2n) is 8.27. The minimum Gasteiger partial charge on any atom is -0.454 e. The van der Waals surface area contributed by atoms with Crippen LogP contribution in [0.5, 0.6) is 11.5 Å². The summed E-state index contributed by atoms with van der Waals surface area (Å²) in [5, 5.41) is 0. The Morgan fingerprint density at radius 2 is 1.77 bits per heavy atom. The van der Waals surface area contributed by atoms with E-state index >= 15 is 0 Å². The smallest absolute Gasteiger partial charge is 0.231 e. The molecule has 30 heavy (non-hydrogen) atoms. The Kier molecular flexibility index (Phi) is 6.55. The van der Waals surface area contributed by atoms with E-state index < -0.39 is 0 Å². The summed E-state index contributed by atoms with van der Waals surface area (Å²) < 4.78 is 13.7. The fourth-order valence-corrected chi connectivity index (χ4v) is 5.76. The summed E-state index contributed by atoms with van der Waals surface area (Å²) in [5.41, 5.74) is 4.20. The zero-order valence-electron chi connectivity index (χ0n) is 16.9. The molecule has 2 aromatic carbocycles. The lowest BCUT2D eigenvalue weighted by Crippen LogP contribution is -2.50.